The summed E-state index contributed by atoms with van der Waals surface area (Å²) in [7, 11) is 4.38. The molecular formula is C13H23N. The zero-order valence-electron chi connectivity index (χ0n) is 10.0. The highest BCUT2D eigenvalue weighted by atomic mass is 15.1. The summed E-state index contributed by atoms with van der Waals surface area (Å²) < 4.78 is 0. The highest BCUT2D eigenvalue weighted by Gasteiger charge is 2.45. The lowest BCUT2D eigenvalue weighted by Crippen LogP contribution is -2.14. The van der Waals surface area contributed by atoms with Crippen molar-refractivity contribution >= 4 is 0 Å². The van der Waals surface area contributed by atoms with E-state index in [9.17, 15) is 0 Å². The maximum atomic E-state index is 2.44. The Labute approximate surface area is 88.2 Å². The maximum absolute atomic E-state index is 2.44. The van der Waals surface area contributed by atoms with Gasteiger partial charge in [-0.05, 0) is 50.4 Å². The van der Waals surface area contributed by atoms with Gasteiger partial charge < -0.3 is 4.90 Å². The summed E-state index contributed by atoms with van der Waals surface area (Å²) in [5.41, 5.74) is 3.23. The van der Waals surface area contributed by atoms with Crippen molar-refractivity contribution in [3.05, 3.63) is 11.3 Å². The minimum atomic E-state index is 1.02. The van der Waals surface area contributed by atoms with Gasteiger partial charge in [0, 0.05) is 19.8 Å². The number of fused-ring (bicyclic) bond motifs is 1. The topological polar surface area (TPSA) is 3.24 Å². The molecule has 1 heteroatoms. The third-order valence-corrected chi connectivity index (χ3v) is 4.36. The quantitative estimate of drug-likeness (QED) is 0.618. The number of rotatable bonds is 1. The predicted molar refractivity (Wildman–Crippen MR) is 61.0 cm³/mol. The van der Waals surface area contributed by atoms with Crippen LogP contribution in [0.1, 0.15) is 39.5 Å². The van der Waals surface area contributed by atoms with E-state index in [0.29, 0.717) is 0 Å². The smallest absolute Gasteiger partial charge is 0.0117 e. The van der Waals surface area contributed by atoms with Crippen molar-refractivity contribution in [1.29, 1.82) is 0 Å². The zero-order chi connectivity index (χ0) is 10.3. The predicted octanol–water partition coefficient (Wildman–Crippen LogP) is 3.28. The molecule has 0 radical (unpaired) electrons. The minimum absolute atomic E-state index is 1.02. The summed E-state index contributed by atoms with van der Waals surface area (Å²) in [6.07, 6.45) is 5.51. The highest BCUT2D eigenvalue weighted by molar-refractivity contribution is 5.14. The summed E-state index contributed by atoms with van der Waals surface area (Å²) in [5, 5.41) is 0. The zero-order valence-corrected chi connectivity index (χ0v) is 10.0. The van der Waals surface area contributed by atoms with E-state index in [2.05, 4.69) is 32.8 Å². The molecule has 80 valence electrons. The van der Waals surface area contributed by atoms with E-state index in [0.717, 1.165) is 17.8 Å². The second kappa shape index (κ2) is 3.60. The van der Waals surface area contributed by atoms with Gasteiger partial charge in [0.25, 0.3) is 0 Å². The summed E-state index contributed by atoms with van der Waals surface area (Å²) in [4.78, 5) is 2.32. The van der Waals surface area contributed by atoms with Gasteiger partial charge in [-0.1, -0.05) is 12.5 Å². The molecule has 3 unspecified atom stereocenters. The molecule has 0 aliphatic heterocycles. The van der Waals surface area contributed by atoms with Gasteiger partial charge in [-0.3, -0.25) is 0 Å². The molecule has 2 rings (SSSR count). The first-order valence-electron chi connectivity index (χ1n) is 5.97. The third-order valence-electron chi connectivity index (χ3n) is 4.36. The molecule has 0 heterocycles. The van der Waals surface area contributed by atoms with Crippen LogP contribution in [0.15, 0.2) is 11.3 Å². The van der Waals surface area contributed by atoms with Gasteiger partial charge in [0.2, 0.25) is 0 Å². The van der Waals surface area contributed by atoms with Crippen LogP contribution in [-0.2, 0) is 0 Å². The first-order chi connectivity index (χ1) is 6.61. The van der Waals surface area contributed by atoms with E-state index in [-0.39, 0.29) is 0 Å². The normalized spacial score (nSPS) is 42.4. The first kappa shape index (κ1) is 10.1. The van der Waals surface area contributed by atoms with Crippen LogP contribution in [0.4, 0.5) is 0 Å². The molecule has 1 fully saturated rings. The van der Waals surface area contributed by atoms with Crippen molar-refractivity contribution in [1.82, 2.24) is 4.90 Å². The van der Waals surface area contributed by atoms with Crippen LogP contribution in [0.5, 0.6) is 0 Å². The number of hydrogen-bond donors (Lipinski definition) is 0. The van der Waals surface area contributed by atoms with E-state index in [1.807, 2.05) is 0 Å². The van der Waals surface area contributed by atoms with Gasteiger partial charge in [-0.15, -0.1) is 0 Å². The lowest BCUT2D eigenvalue weighted by molar-refractivity contribution is 0.445. The minimum Gasteiger partial charge on any atom is -0.381 e. The highest BCUT2D eigenvalue weighted by Crippen LogP contribution is 2.53. The van der Waals surface area contributed by atoms with Crippen molar-refractivity contribution in [2.45, 2.75) is 39.5 Å². The molecular weight excluding hydrogens is 170 g/mol. The van der Waals surface area contributed by atoms with Crippen LogP contribution >= 0.6 is 0 Å². The average Bonchev–Trinajstić information content (AvgIpc) is 2.68. The van der Waals surface area contributed by atoms with Crippen molar-refractivity contribution in [3.63, 3.8) is 0 Å². The maximum Gasteiger partial charge on any atom is 0.0117 e. The molecule has 1 saturated carbocycles. The van der Waals surface area contributed by atoms with Crippen LogP contribution in [0.25, 0.3) is 0 Å². The molecule has 2 aliphatic rings. The molecule has 1 nitrogen and oxygen atoms in total. The number of allylic oxidation sites excluding steroid dienone is 2. The summed E-state index contributed by atoms with van der Waals surface area (Å²) in [5.74, 6) is 3.14. The van der Waals surface area contributed by atoms with Gasteiger partial charge in [0.05, 0.1) is 0 Å². The fourth-order valence-corrected chi connectivity index (χ4v) is 3.24. The fraction of sp³-hybridized carbons (Fsp3) is 0.846. The Morgan fingerprint density at radius 1 is 1.07 bits per heavy atom. The Balaban J connectivity index is 2.07. The van der Waals surface area contributed by atoms with Crippen molar-refractivity contribution in [2.24, 2.45) is 17.8 Å². The van der Waals surface area contributed by atoms with Crippen LogP contribution in [-0.4, -0.2) is 19.0 Å². The van der Waals surface area contributed by atoms with Crippen LogP contribution < -0.4 is 0 Å². The van der Waals surface area contributed by atoms with E-state index in [1.165, 1.54) is 25.7 Å². The molecule has 14 heavy (non-hydrogen) atoms. The first-order valence-corrected chi connectivity index (χ1v) is 5.97. The Hall–Kier alpha value is -0.460. The van der Waals surface area contributed by atoms with Crippen molar-refractivity contribution in [3.8, 4) is 0 Å². The number of nitrogens with zero attached hydrogens (tertiary/aromatic N) is 1. The Morgan fingerprint density at radius 3 is 2.21 bits per heavy atom. The molecule has 3 atom stereocenters. The SMILES string of the molecule is C/C1=C(\N(C)C)CCC2C(C)C2CC1. The Bertz CT molecular complexity index is 252. The molecule has 0 amide bonds. The second-order valence-electron chi connectivity index (χ2n) is 5.39. The van der Waals surface area contributed by atoms with Crippen molar-refractivity contribution in [2.75, 3.05) is 14.1 Å². The molecule has 0 aromatic heterocycles. The monoisotopic (exact) mass is 193 g/mol. The molecule has 0 N–H and O–H groups in total. The largest absolute Gasteiger partial charge is 0.381 e. The van der Waals surface area contributed by atoms with E-state index in [1.54, 1.807) is 11.3 Å². The van der Waals surface area contributed by atoms with Crippen LogP contribution in [0, 0.1) is 17.8 Å². The number of hydrogen-bond acceptors (Lipinski definition) is 1. The van der Waals surface area contributed by atoms with Gasteiger partial charge in [-0.2, -0.15) is 0 Å². The van der Waals surface area contributed by atoms with E-state index in [4.69, 9.17) is 0 Å². The van der Waals surface area contributed by atoms with Gasteiger partial charge in [0.1, 0.15) is 0 Å². The summed E-state index contributed by atoms with van der Waals surface area (Å²) >= 11 is 0. The summed E-state index contributed by atoms with van der Waals surface area (Å²) in [6, 6.07) is 0. The second-order valence-corrected chi connectivity index (χ2v) is 5.39. The average molecular weight is 193 g/mol. The van der Waals surface area contributed by atoms with Gasteiger partial charge in [0.15, 0.2) is 0 Å². The molecule has 0 aromatic rings. The van der Waals surface area contributed by atoms with Crippen LogP contribution in [0.2, 0.25) is 0 Å². The van der Waals surface area contributed by atoms with Crippen LogP contribution in [0.3, 0.4) is 0 Å². The molecule has 0 bridgehead atoms. The Kier molecular flexibility index (Phi) is 2.59. The lowest BCUT2D eigenvalue weighted by Gasteiger charge is -2.22. The standard InChI is InChI=1S/C13H23N/c1-9-5-6-11-10(2)12(11)7-8-13(9)14(3)4/h10-12H,5-8H2,1-4H3/b13-9+. The van der Waals surface area contributed by atoms with E-state index >= 15 is 0 Å². The Morgan fingerprint density at radius 2 is 1.64 bits per heavy atom. The molecule has 0 spiro atoms. The van der Waals surface area contributed by atoms with Crippen molar-refractivity contribution < 1.29 is 0 Å². The molecule has 0 saturated heterocycles. The fourth-order valence-electron chi connectivity index (χ4n) is 3.24. The van der Waals surface area contributed by atoms with Gasteiger partial charge >= 0.3 is 0 Å². The lowest BCUT2D eigenvalue weighted by atomic mass is 9.98. The molecule has 0 aromatic carbocycles. The summed E-state index contributed by atoms with van der Waals surface area (Å²) in [6.45, 7) is 4.76. The van der Waals surface area contributed by atoms with Gasteiger partial charge in [-0.25, -0.2) is 0 Å². The third kappa shape index (κ3) is 1.69. The molecule has 2 aliphatic carbocycles. The van der Waals surface area contributed by atoms with E-state index < -0.39 is 0 Å².